The summed E-state index contributed by atoms with van der Waals surface area (Å²) >= 11 is 0. The fourth-order valence-electron chi connectivity index (χ4n) is 3.88. The number of hydrogen-bond donors (Lipinski definition) is 1. The summed E-state index contributed by atoms with van der Waals surface area (Å²) in [6.45, 7) is 1.44. The molecule has 1 aliphatic heterocycles. The van der Waals surface area contributed by atoms with E-state index in [9.17, 15) is 16.8 Å². The largest absolute Gasteiger partial charge is 0.481 e. The maximum Gasteiger partial charge on any atom is 0.214 e. The van der Waals surface area contributed by atoms with Gasteiger partial charge in [0.2, 0.25) is 15.7 Å². The van der Waals surface area contributed by atoms with Gasteiger partial charge in [0.25, 0.3) is 0 Å². The molecule has 0 radical (unpaired) electrons. The highest BCUT2D eigenvalue weighted by atomic mass is 32.2. The van der Waals surface area contributed by atoms with Gasteiger partial charge in [-0.15, -0.1) is 0 Å². The zero-order valence-corrected chi connectivity index (χ0v) is 23.6. The van der Waals surface area contributed by atoms with Gasteiger partial charge in [0.1, 0.15) is 15.7 Å². The molecule has 0 bridgehead atoms. The summed E-state index contributed by atoms with van der Waals surface area (Å²) in [6, 6.07) is 14.6. The molecule has 11 nitrogen and oxygen atoms in total. The van der Waals surface area contributed by atoms with Crippen LogP contribution in [0.2, 0.25) is 0 Å². The normalized spacial score (nSPS) is 13.7. The maximum absolute atomic E-state index is 12.9. The molecule has 2 aromatic carbocycles. The molecule has 0 saturated heterocycles. The van der Waals surface area contributed by atoms with E-state index in [0.29, 0.717) is 48.2 Å². The molecule has 0 amide bonds. The van der Waals surface area contributed by atoms with Gasteiger partial charge in [0.05, 0.1) is 41.5 Å². The number of aromatic nitrogens is 2. The number of hydroxylamine groups is 2. The average Bonchev–Trinajstić information content (AvgIpc) is 2.91. The van der Waals surface area contributed by atoms with Crippen molar-refractivity contribution in [1.82, 2.24) is 19.9 Å². The highest BCUT2D eigenvalue weighted by Crippen LogP contribution is 2.30. The van der Waals surface area contributed by atoms with Crippen LogP contribution in [0.4, 0.5) is 5.82 Å². The van der Waals surface area contributed by atoms with Crippen molar-refractivity contribution in [2.45, 2.75) is 16.3 Å². The van der Waals surface area contributed by atoms with Crippen LogP contribution in [0.25, 0.3) is 17.5 Å². The summed E-state index contributed by atoms with van der Waals surface area (Å²) < 4.78 is 54.1. The number of ether oxygens (including phenoxy) is 1. The third-order valence-corrected chi connectivity index (χ3v) is 8.82. The van der Waals surface area contributed by atoms with Gasteiger partial charge >= 0.3 is 0 Å². The molecule has 0 aliphatic carbocycles. The number of hydrogen-bond acceptors (Lipinski definition) is 11. The van der Waals surface area contributed by atoms with Crippen molar-refractivity contribution in [2.24, 2.45) is 0 Å². The van der Waals surface area contributed by atoms with Gasteiger partial charge < -0.3 is 15.4 Å². The third-order valence-electron chi connectivity index (χ3n) is 6.11. The molecule has 0 unspecified atom stereocenters. The molecular formula is C26H31N5O6S2. The van der Waals surface area contributed by atoms with E-state index in [-0.39, 0.29) is 27.9 Å². The second-order valence-corrected chi connectivity index (χ2v) is 13.3. The van der Waals surface area contributed by atoms with E-state index in [4.69, 9.17) is 15.3 Å². The lowest BCUT2D eigenvalue weighted by Gasteiger charge is -2.29. The number of anilines is 1. The first-order valence-electron chi connectivity index (χ1n) is 12.1. The molecular weight excluding hydrogens is 542 g/mol. The molecule has 1 aromatic heterocycles. The van der Waals surface area contributed by atoms with Crippen molar-refractivity contribution < 1.29 is 26.4 Å². The fraction of sp³-hybridized carbons (Fsp3) is 0.308. The van der Waals surface area contributed by atoms with Crippen molar-refractivity contribution in [3.05, 3.63) is 71.7 Å². The first kappa shape index (κ1) is 28.5. The zero-order valence-electron chi connectivity index (χ0n) is 21.9. The number of benzene rings is 2. The Kier molecular flexibility index (Phi) is 8.54. The Morgan fingerprint density at radius 1 is 0.974 bits per heavy atom. The zero-order chi connectivity index (χ0) is 28.2. The van der Waals surface area contributed by atoms with Gasteiger partial charge in [-0.2, -0.15) is 0 Å². The molecule has 0 atom stereocenters. The number of nitrogens with two attached hydrogens (primary N) is 1. The second kappa shape index (κ2) is 11.7. The highest BCUT2D eigenvalue weighted by molar-refractivity contribution is 7.91. The lowest BCUT2D eigenvalue weighted by atomic mass is 10.1. The van der Waals surface area contributed by atoms with Crippen LogP contribution in [0.15, 0.2) is 70.3 Å². The molecule has 2 heterocycles. The molecule has 208 valence electrons. The Balaban J connectivity index is 1.50. The molecule has 2 N–H and O–H groups in total. The van der Waals surface area contributed by atoms with E-state index in [2.05, 4.69) is 9.97 Å². The predicted octanol–water partition coefficient (Wildman–Crippen LogP) is 2.23. The molecule has 0 saturated carbocycles. The van der Waals surface area contributed by atoms with Crippen LogP contribution < -0.4 is 5.73 Å². The van der Waals surface area contributed by atoms with E-state index < -0.39 is 19.7 Å². The molecule has 0 spiro atoms. The lowest BCUT2D eigenvalue weighted by molar-refractivity contribution is -0.171. The SMILES string of the molecule is COC1=Cc2c(N)nc(-c3ccc(S(=O)(=O)c4ccccc4)cc3)nc2CN1OCCN(C)CCS(C)(=O)=O. The van der Waals surface area contributed by atoms with E-state index in [1.165, 1.54) is 25.5 Å². The van der Waals surface area contributed by atoms with Crippen LogP contribution in [0.3, 0.4) is 0 Å². The second-order valence-electron chi connectivity index (χ2n) is 9.12. The molecule has 39 heavy (non-hydrogen) atoms. The number of nitrogens with zero attached hydrogens (tertiary/aromatic N) is 4. The summed E-state index contributed by atoms with van der Waals surface area (Å²) in [4.78, 5) is 17.3. The number of nitrogen functional groups attached to an aromatic ring is 1. The van der Waals surface area contributed by atoms with E-state index in [1.54, 1.807) is 53.6 Å². The van der Waals surface area contributed by atoms with Crippen molar-refractivity contribution in [2.75, 3.05) is 51.6 Å². The molecule has 13 heteroatoms. The van der Waals surface area contributed by atoms with Crippen molar-refractivity contribution in [3.63, 3.8) is 0 Å². The first-order chi connectivity index (χ1) is 18.5. The van der Waals surface area contributed by atoms with Gasteiger partial charge in [0.15, 0.2) is 5.82 Å². The first-order valence-corrected chi connectivity index (χ1v) is 15.6. The van der Waals surface area contributed by atoms with Gasteiger partial charge in [-0.3, -0.25) is 4.84 Å². The topological polar surface area (TPSA) is 145 Å². The van der Waals surface area contributed by atoms with Crippen molar-refractivity contribution in [1.29, 1.82) is 0 Å². The number of methoxy groups -OCH3 is 1. The Bertz CT molecular complexity index is 1560. The van der Waals surface area contributed by atoms with E-state index >= 15 is 0 Å². The summed E-state index contributed by atoms with van der Waals surface area (Å²) in [7, 11) is -3.35. The Morgan fingerprint density at radius 3 is 2.28 bits per heavy atom. The van der Waals surface area contributed by atoms with Gasteiger partial charge in [0, 0.05) is 36.5 Å². The van der Waals surface area contributed by atoms with Crippen LogP contribution in [-0.4, -0.2) is 82.6 Å². The van der Waals surface area contributed by atoms with Crippen molar-refractivity contribution >= 4 is 31.6 Å². The smallest absolute Gasteiger partial charge is 0.214 e. The third kappa shape index (κ3) is 6.92. The van der Waals surface area contributed by atoms with Crippen molar-refractivity contribution in [3.8, 4) is 11.4 Å². The summed E-state index contributed by atoms with van der Waals surface area (Å²) in [5.74, 6) is 1.11. The number of rotatable bonds is 11. The van der Waals surface area contributed by atoms with Crippen LogP contribution in [0.1, 0.15) is 11.3 Å². The number of sulfone groups is 2. The Morgan fingerprint density at radius 2 is 1.64 bits per heavy atom. The molecule has 3 aromatic rings. The average molecular weight is 574 g/mol. The number of fused-ring (bicyclic) bond motifs is 1. The highest BCUT2D eigenvalue weighted by Gasteiger charge is 2.25. The predicted molar refractivity (Wildman–Crippen MR) is 147 cm³/mol. The van der Waals surface area contributed by atoms with Crippen LogP contribution in [0.5, 0.6) is 0 Å². The fourth-order valence-corrected chi connectivity index (χ4v) is 5.81. The van der Waals surface area contributed by atoms with Gasteiger partial charge in [-0.25, -0.2) is 31.9 Å². The standard InChI is InChI=1S/C26H31N5O6S2/c1-30(14-16-38(3,32)33)13-15-37-31-18-23-22(17-24(31)36-2)25(27)29-26(28-23)19-9-11-21(12-10-19)39(34,35)20-7-5-4-6-8-20/h4-12,17H,13-16,18H2,1-3H3,(H2,27,28,29). The Labute approximate surface area is 228 Å². The monoisotopic (exact) mass is 573 g/mol. The minimum Gasteiger partial charge on any atom is -0.481 e. The quantitative estimate of drug-likeness (QED) is 0.360. The number of likely N-dealkylation sites (N-methyl/N-ethyl adjacent to an activating group) is 1. The minimum absolute atomic E-state index is 0.0714. The van der Waals surface area contributed by atoms with Gasteiger partial charge in [-0.1, -0.05) is 18.2 Å². The molecule has 4 rings (SSSR count). The van der Waals surface area contributed by atoms with Gasteiger partial charge in [-0.05, 0) is 43.4 Å². The minimum atomic E-state index is -3.65. The van der Waals surface area contributed by atoms with Crippen LogP contribution in [0, 0.1) is 0 Å². The lowest BCUT2D eigenvalue weighted by Crippen LogP contribution is -2.33. The van der Waals surface area contributed by atoms with E-state index in [0.717, 1.165) is 0 Å². The molecule has 1 aliphatic rings. The summed E-state index contributed by atoms with van der Waals surface area (Å²) in [5.41, 5.74) is 8.10. The van der Waals surface area contributed by atoms with Crippen LogP contribution in [-0.2, 0) is 35.8 Å². The summed E-state index contributed by atoms with van der Waals surface area (Å²) in [5, 5.41) is 1.55. The van der Waals surface area contributed by atoms with E-state index in [1.807, 2.05) is 11.9 Å². The maximum atomic E-state index is 12.9. The Hall–Kier alpha value is -3.52. The van der Waals surface area contributed by atoms with Crippen LogP contribution >= 0.6 is 0 Å². The molecule has 0 fully saturated rings. The summed E-state index contributed by atoms with van der Waals surface area (Å²) in [6.07, 6.45) is 2.90.